The van der Waals surface area contributed by atoms with Crippen LogP contribution in [0.5, 0.6) is 0 Å². The first-order chi connectivity index (χ1) is 7.20. The summed E-state index contributed by atoms with van der Waals surface area (Å²) >= 11 is 0. The number of rotatable bonds is 7. The minimum atomic E-state index is -0.268. The second-order valence-corrected chi connectivity index (χ2v) is 3.54. The van der Waals surface area contributed by atoms with E-state index in [1.165, 1.54) is 0 Å². The molecule has 0 saturated carbocycles. The standard InChI is InChI=1S/C9H18N4O2/c10-8(14)2-1-3-11-4-6-13-7-5-12-9(13)15/h11H,1-7H2,(H2,10,14)(H,12,15). The Morgan fingerprint density at radius 2 is 2.33 bits per heavy atom. The first-order valence-electron chi connectivity index (χ1n) is 5.22. The molecule has 86 valence electrons. The van der Waals surface area contributed by atoms with Crippen molar-refractivity contribution in [3.63, 3.8) is 0 Å². The van der Waals surface area contributed by atoms with E-state index < -0.39 is 0 Å². The first kappa shape index (κ1) is 11.8. The van der Waals surface area contributed by atoms with Gasteiger partial charge in [-0.2, -0.15) is 0 Å². The van der Waals surface area contributed by atoms with E-state index in [-0.39, 0.29) is 11.9 Å². The zero-order chi connectivity index (χ0) is 11.1. The number of carbonyl (C=O) groups is 2. The van der Waals surface area contributed by atoms with Crippen LogP contribution in [0.2, 0.25) is 0 Å². The van der Waals surface area contributed by atoms with E-state index in [2.05, 4.69) is 10.6 Å². The highest BCUT2D eigenvalue weighted by Crippen LogP contribution is 1.94. The maximum Gasteiger partial charge on any atom is 0.317 e. The zero-order valence-corrected chi connectivity index (χ0v) is 8.79. The van der Waals surface area contributed by atoms with Crippen molar-refractivity contribution < 1.29 is 9.59 Å². The van der Waals surface area contributed by atoms with Crippen molar-refractivity contribution in [1.82, 2.24) is 15.5 Å². The lowest BCUT2D eigenvalue weighted by atomic mass is 10.3. The van der Waals surface area contributed by atoms with Gasteiger partial charge in [0.1, 0.15) is 0 Å². The summed E-state index contributed by atoms with van der Waals surface area (Å²) in [6, 6.07) is 0.00827. The van der Waals surface area contributed by atoms with Gasteiger partial charge in [0.25, 0.3) is 0 Å². The summed E-state index contributed by atoms with van der Waals surface area (Å²) in [4.78, 5) is 23.3. The molecule has 1 aliphatic heterocycles. The number of primary amides is 1. The number of nitrogens with one attached hydrogen (secondary N) is 2. The minimum Gasteiger partial charge on any atom is -0.370 e. The Labute approximate surface area is 89.2 Å². The Morgan fingerprint density at radius 3 is 2.93 bits per heavy atom. The summed E-state index contributed by atoms with van der Waals surface area (Å²) in [5, 5.41) is 5.89. The molecule has 0 bridgehead atoms. The van der Waals surface area contributed by atoms with E-state index >= 15 is 0 Å². The minimum absolute atomic E-state index is 0.00827. The van der Waals surface area contributed by atoms with Gasteiger partial charge in [-0.25, -0.2) is 4.79 Å². The van der Waals surface area contributed by atoms with E-state index in [0.29, 0.717) is 13.0 Å². The first-order valence-corrected chi connectivity index (χ1v) is 5.22. The number of carbonyl (C=O) groups excluding carboxylic acids is 2. The normalized spacial score (nSPS) is 15.5. The van der Waals surface area contributed by atoms with Crippen LogP contribution in [0.4, 0.5) is 4.79 Å². The van der Waals surface area contributed by atoms with Gasteiger partial charge in [0.05, 0.1) is 0 Å². The molecule has 0 spiro atoms. The molecule has 1 heterocycles. The topological polar surface area (TPSA) is 87.5 Å². The van der Waals surface area contributed by atoms with Crippen LogP contribution in [0.3, 0.4) is 0 Å². The van der Waals surface area contributed by atoms with Crippen molar-refractivity contribution in [2.24, 2.45) is 5.73 Å². The van der Waals surface area contributed by atoms with Gasteiger partial charge in [0.15, 0.2) is 0 Å². The van der Waals surface area contributed by atoms with Gasteiger partial charge >= 0.3 is 6.03 Å². The lowest BCUT2D eigenvalue weighted by Crippen LogP contribution is -2.35. The Hall–Kier alpha value is -1.30. The third kappa shape index (κ3) is 4.64. The quantitative estimate of drug-likeness (QED) is 0.468. The van der Waals surface area contributed by atoms with Crippen molar-refractivity contribution in [1.29, 1.82) is 0 Å². The molecule has 4 N–H and O–H groups in total. The molecule has 0 aliphatic carbocycles. The molecule has 1 saturated heterocycles. The molecule has 0 aromatic heterocycles. The fourth-order valence-corrected chi connectivity index (χ4v) is 1.45. The van der Waals surface area contributed by atoms with Gasteiger partial charge in [0, 0.05) is 32.6 Å². The number of hydrogen-bond donors (Lipinski definition) is 3. The van der Waals surface area contributed by atoms with Crippen LogP contribution in [-0.2, 0) is 4.79 Å². The van der Waals surface area contributed by atoms with Crippen LogP contribution in [-0.4, -0.2) is 49.6 Å². The zero-order valence-electron chi connectivity index (χ0n) is 8.79. The molecule has 0 aromatic rings. The second-order valence-electron chi connectivity index (χ2n) is 3.54. The smallest absolute Gasteiger partial charge is 0.317 e. The highest BCUT2D eigenvalue weighted by atomic mass is 16.2. The Balaban J connectivity index is 1.92. The number of hydrogen-bond acceptors (Lipinski definition) is 3. The van der Waals surface area contributed by atoms with E-state index in [0.717, 1.165) is 32.6 Å². The molecule has 0 atom stereocenters. The highest BCUT2D eigenvalue weighted by Gasteiger charge is 2.17. The molecule has 15 heavy (non-hydrogen) atoms. The number of amides is 3. The van der Waals surface area contributed by atoms with Crippen LogP contribution in [0.25, 0.3) is 0 Å². The van der Waals surface area contributed by atoms with Gasteiger partial charge in [-0.05, 0) is 13.0 Å². The van der Waals surface area contributed by atoms with E-state index in [4.69, 9.17) is 5.73 Å². The molecule has 0 radical (unpaired) electrons. The summed E-state index contributed by atoms with van der Waals surface area (Å²) in [5.41, 5.74) is 5.00. The van der Waals surface area contributed by atoms with E-state index in [1.54, 1.807) is 4.90 Å². The summed E-state index contributed by atoms with van der Waals surface area (Å²) in [7, 11) is 0. The SMILES string of the molecule is NC(=O)CCCNCCN1CCNC1=O. The molecule has 1 fully saturated rings. The summed E-state index contributed by atoms with van der Waals surface area (Å²) in [6.45, 7) is 3.75. The molecule has 6 heteroatoms. The highest BCUT2D eigenvalue weighted by molar-refractivity contribution is 5.76. The summed E-state index contributed by atoms with van der Waals surface area (Å²) in [6.07, 6.45) is 1.17. The van der Waals surface area contributed by atoms with Crippen molar-refractivity contribution in [2.75, 3.05) is 32.7 Å². The van der Waals surface area contributed by atoms with Gasteiger partial charge < -0.3 is 21.3 Å². The lowest BCUT2D eigenvalue weighted by Gasteiger charge is -2.13. The molecule has 6 nitrogen and oxygen atoms in total. The largest absolute Gasteiger partial charge is 0.370 e. The molecule has 1 aliphatic rings. The van der Waals surface area contributed by atoms with Crippen molar-refractivity contribution in [3.8, 4) is 0 Å². The molecule has 1 rings (SSSR count). The molecular weight excluding hydrogens is 196 g/mol. The van der Waals surface area contributed by atoms with Crippen molar-refractivity contribution in [2.45, 2.75) is 12.8 Å². The second kappa shape index (κ2) is 6.23. The Morgan fingerprint density at radius 1 is 1.53 bits per heavy atom. The van der Waals surface area contributed by atoms with Crippen LogP contribution in [0, 0.1) is 0 Å². The van der Waals surface area contributed by atoms with Crippen molar-refractivity contribution in [3.05, 3.63) is 0 Å². The van der Waals surface area contributed by atoms with Gasteiger partial charge in [-0.3, -0.25) is 4.79 Å². The Bertz CT molecular complexity index is 232. The summed E-state index contributed by atoms with van der Waals surface area (Å²) in [5.74, 6) is -0.268. The van der Waals surface area contributed by atoms with Crippen LogP contribution >= 0.6 is 0 Å². The number of urea groups is 1. The molecular formula is C9H18N4O2. The monoisotopic (exact) mass is 214 g/mol. The van der Waals surface area contributed by atoms with Crippen LogP contribution < -0.4 is 16.4 Å². The van der Waals surface area contributed by atoms with Gasteiger partial charge in [0.2, 0.25) is 5.91 Å². The predicted octanol–water partition coefficient (Wildman–Crippen LogP) is -1.13. The van der Waals surface area contributed by atoms with Crippen LogP contribution in [0.1, 0.15) is 12.8 Å². The lowest BCUT2D eigenvalue weighted by molar-refractivity contribution is -0.118. The number of nitrogens with zero attached hydrogens (tertiary/aromatic N) is 1. The van der Waals surface area contributed by atoms with Gasteiger partial charge in [-0.15, -0.1) is 0 Å². The van der Waals surface area contributed by atoms with E-state index in [9.17, 15) is 9.59 Å². The van der Waals surface area contributed by atoms with E-state index in [1.807, 2.05) is 0 Å². The average Bonchev–Trinajstić information content (AvgIpc) is 2.57. The fraction of sp³-hybridized carbons (Fsp3) is 0.778. The predicted molar refractivity (Wildman–Crippen MR) is 56.3 cm³/mol. The molecule has 0 aromatic carbocycles. The maximum absolute atomic E-state index is 11.1. The maximum atomic E-state index is 11.1. The molecule has 0 unspecified atom stereocenters. The average molecular weight is 214 g/mol. The third-order valence-electron chi connectivity index (χ3n) is 2.28. The number of nitrogens with two attached hydrogens (primary N) is 1. The van der Waals surface area contributed by atoms with Gasteiger partial charge in [-0.1, -0.05) is 0 Å². The van der Waals surface area contributed by atoms with Crippen molar-refractivity contribution >= 4 is 11.9 Å². The summed E-state index contributed by atoms with van der Waals surface area (Å²) < 4.78 is 0. The molecule has 3 amide bonds. The van der Waals surface area contributed by atoms with Crippen LogP contribution in [0.15, 0.2) is 0 Å². The fourth-order valence-electron chi connectivity index (χ4n) is 1.45. The third-order valence-corrected chi connectivity index (χ3v) is 2.28. The Kier molecular flexibility index (Phi) is 4.89.